The van der Waals surface area contributed by atoms with E-state index in [0.717, 1.165) is 11.6 Å². The molecule has 1 aromatic carbocycles. The lowest BCUT2D eigenvalue weighted by Crippen LogP contribution is -2.46. The number of nitrogens with two attached hydrogens (primary N) is 1. The molecule has 2 amide bonds. The molecule has 0 fully saturated rings. The van der Waals surface area contributed by atoms with Crippen molar-refractivity contribution in [3.05, 3.63) is 94.4 Å². The molecule has 1 aromatic rings. The van der Waals surface area contributed by atoms with Crippen LogP contribution >= 0.6 is 0 Å². The highest BCUT2D eigenvalue weighted by Gasteiger charge is 2.33. The molecule has 2 aliphatic rings. The summed E-state index contributed by atoms with van der Waals surface area (Å²) >= 11 is 0. The van der Waals surface area contributed by atoms with Crippen LogP contribution in [0.1, 0.15) is 46.1 Å². The molecule has 2 bridgehead atoms. The normalized spacial score (nSPS) is 29.5. The fourth-order valence-electron chi connectivity index (χ4n) is 6.03. The molecule has 1 aliphatic heterocycles. The molecular weight excluding hydrogens is 600 g/mol. The highest BCUT2D eigenvalue weighted by molar-refractivity contribution is 6.23. The molecule has 1 heterocycles. The summed E-state index contributed by atoms with van der Waals surface area (Å²) < 4.78 is 17.3. The topological polar surface area (TPSA) is 158 Å². The van der Waals surface area contributed by atoms with Crippen LogP contribution in [0.15, 0.2) is 88.8 Å². The number of carbonyl (C=O) groups excluding carboxylic acids is 4. The van der Waals surface area contributed by atoms with Gasteiger partial charge in [-0.1, -0.05) is 68.5 Å². The van der Waals surface area contributed by atoms with Crippen molar-refractivity contribution in [3.8, 4) is 0 Å². The number of hydrogen-bond acceptors (Lipinski definition) is 9. The average Bonchev–Trinajstić information content (AvgIpc) is 3.03. The summed E-state index contributed by atoms with van der Waals surface area (Å²) in [7, 11) is 4.73. The van der Waals surface area contributed by atoms with Crippen molar-refractivity contribution in [2.45, 2.75) is 71.4 Å². The van der Waals surface area contributed by atoms with Crippen molar-refractivity contribution < 1.29 is 33.4 Å². The van der Waals surface area contributed by atoms with Crippen molar-refractivity contribution in [2.75, 3.05) is 21.3 Å². The Morgan fingerprint density at radius 1 is 1.06 bits per heavy atom. The minimum atomic E-state index is -0.952. The smallest absolute Gasteiger partial charge is 0.405 e. The molecule has 1 aliphatic carbocycles. The number of amides is 2. The van der Waals surface area contributed by atoms with Gasteiger partial charge in [-0.15, -0.1) is 0 Å². The van der Waals surface area contributed by atoms with Gasteiger partial charge in [0.15, 0.2) is 6.10 Å². The van der Waals surface area contributed by atoms with Crippen molar-refractivity contribution in [1.82, 2.24) is 16.0 Å². The summed E-state index contributed by atoms with van der Waals surface area (Å²) in [6.45, 7) is 8.05. The molecule has 6 atom stereocenters. The predicted octanol–water partition coefficient (Wildman–Crippen LogP) is 3.78. The van der Waals surface area contributed by atoms with E-state index in [9.17, 15) is 19.2 Å². The molecule has 47 heavy (non-hydrogen) atoms. The number of likely N-dealkylation sites (N-methyl/N-ethyl adjacent to an activating group) is 1. The molecule has 0 spiro atoms. The van der Waals surface area contributed by atoms with E-state index in [2.05, 4.69) is 22.9 Å². The van der Waals surface area contributed by atoms with Crippen LogP contribution in [0.4, 0.5) is 4.79 Å². The van der Waals surface area contributed by atoms with Crippen LogP contribution in [0.25, 0.3) is 0 Å². The van der Waals surface area contributed by atoms with Gasteiger partial charge in [0.2, 0.25) is 11.6 Å². The van der Waals surface area contributed by atoms with Gasteiger partial charge in [-0.25, -0.2) is 4.79 Å². The molecule has 0 radical (unpaired) electrons. The summed E-state index contributed by atoms with van der Waals surface area (Å²) in [4.78, 5) is 51.8. The van der Waals surface area contributed by atoms with Gasteiger partial charge in [-0.05, 0) is 49.7 Å². The number of hydrogen-bond donors (Lipinski definition) is 4. The Morgan fingerprint density at radius 3 is 2.38 bits per heavy atom. The maximum absolute atomic E-state index is 13.7. The minimum absolute atomic E-state index is 0.0836. The fraction of sp³-hybridized carbons (Fsp3) is 0.444. The lowest BCUT2D eigenvalue weighted by molar-refractivity contribution is -0.120. The van der Waals surface area contributed by atoms with Gasteiger partial charge in [0.25, 0.3) is 5.91 Å². The first-order chi connectivity index (χ1) is 22.4. The summed E-state index contributed by atoms with van der Waals surface area (Å²) in [6, 6.07) is 9.78. The third kappa shape index (κ3) is 10.1. The number of Topliss-reactive ketones (excluding diaryl/α,β-unsaturated/α-hetero) is 1. The van der Waals surface area contributed by atoms with E-state index in [1.54, 1.807) is 39.3 Å². The second-order valence-corrected chi connectivity index (χ2v) is 12.1. The van der Waals surface area contributed by atoms with E-state index < -0.39 is 30.0 Å². The van der Waals surface area contributed by atoms with E-state index >= 15 is 0 Å². The molecule has 254 valence electrons. The van der Waals surface area contributed by atoms with Crippen molar-refractivity contribution in [3.63, 3.8) is 0 Å². The largest absolute Gasteiger partial charge is 0.439 e. The molecule has 0 saturated carbocycles. The lowest BCUT2D eigenvalue weighted by atomic mass is 9.84. The molecule has 11 nitrogen and oxygen atoms in total. The van der Waals surface area contributed by atoms with Crippen LogP contribution in [0.3, 0.4) is 0 Å². The Labute approximate surface area is 277 Å². The van der Waals surface area contributed by atoms with Crippen LogP contribution in [0.5, 0.6) is 0 Å². The number of rotatable bonds is 7. The van der Waals surface area contributed by atoms with Gasteiger partial charge >= 0.3 is 6.09 Å². The van der Waals surface area contributed by atoms with Gasteiger partial charge in [-0.3, -0.25) is 14.4 Å². The highest BCUT2D eigenvalue weighted by atomic mass is 16.6. The zero-order valence-electron chi connectivity index (χ0n) is 28.3. The van der Waals surface area contributed by atoms with E-state index in [1.807, 2.05) is 50.3 Å². The number of methoxy groups -OCH3 is 2. The third-order valence-electron chi connectivity index (χ3n) is 8.48. The van der Waals surface area contributed by atoms with Crippen molar-refractivity contribution >= 4 is 23.6 Å². The summed E-state index contributed by atoms with van der Waals surface area (Å²) in [6.07, 6.45) is 5.92. The third-order valence-corrected chi connectivity index (χ3v) is 8.48. The van der Waals surface area contributed by atoms with Gasteiger partial charge in [0.05, 0.1) is 17.5 Å². The van der Waals surface area contributed by atoms with E-state index in [4.69, 9.17) is 19.9 Å². The number of nitrogens with one attached hydrogen (secondary N) is 3. The minimum Gasteiger partial charge on any atom is -0.439 e. The Morgan fingerprint density at radius 2 is 1.77 bits per heavy atom. The van der Waals surface area contributed by atoms with Crippen molar-refractivity contribution in [1.29, 1.82) is 0 Å². The standard InChI is InChI=1S/C36H48N4O7/c1-21-16-26-32(38-5)28(41)19-27(33(26)42)40-35(43)22(2)12-11-15-29(45-6)34(47-36(37)44)24(4)18-23(3)31(30(17-21)46-7)39-20-25-13-9-8-10-14-25/h8-15,18-19,21,23,29-31,34,38-39H,16-17,20H2,1-7H3,(H2,37,44)(H,40,43)/b15-11-,22-12+,24-18+/t21-,23+,29+,30+,31-,34+/m1/s1. The van der Waals surface area contributed by atoms with Gasteiger partial charge < -0.3 is 35.9 Å². The van der Waals surface area contributed by atoms with E-state index in [1.165, 1.54) is 7.11 Å². The van der Waals surface area contributed by atoms with E-state index in [-0.39, 0.29) is 53.2 Å². The second kappa shape index (κ2) is 17.6. The fourth-order valence-corrected chi connectivity index (χ4v) is 6.03. The first-order valence-corrected chi connectivity index (χ1v) is 15.7. The second-order valence-electron chi connectivity index (χ2n) is 12.1. The number of ketones is 2. The number of primary amides is 1. The zero-order valence-corrected chi connectivity index (χ0v) is 28.3. The maximum Gasteiger partial charge on any atom is 0.405 e. The number of benzene rings is 1. The number of allylic oxidation sites excluding steroid dienone is 4. The summed E-state index contributed by atoms with van der Waals surface area (Å²) in [5.74, 6) is -1.58. The molecule has 11 heteroatoms. The van der Waals surface area contributed by atoms with Gasteiger partial charge in [0, 0.05) is 51.1 Å². The summed E-state index contributed by atoms with van der Waals surface area (Å²) in [5, 5.41) is 9.17. The predicted molar refractivity (Wildman–Crippen MR) is 180 cm³/mol. The Balaban J connectivity index is 2.12. The van der Waals surface area contributed by atoms with Crippen LogP contribution in [-0.4, -0.2) is 69.2 Å². The number of fused-ring (bicyclic) bond motifs is 2. The zero-order chi connectivity index (χ0) is 34.7. The van der Waals surface area contributed by atoms with Crippen LogP contribution in [0, 0.1) is 11.8 Å². The lowest BCUT2D eigenvalue weighted by Gasteiger charge is -2.34. The van der Waals surface area contributed by atoms with Crippen LogP contribution in [-0.2, 0) is 35.1 Å². The quantitative estimate of drug-likeness (QED) is 0.255. The summed E-state index contributed by atoms with van der Waals surface area (Å²) in [5.41, 5.74) is 8.00. The molecule has 5 N–H and O–H groups in total. The van der Waals surface area contributed by atoms with Crippen LogP contribution < -0.4 is 21.7 Å². The Hall–Kier alpha value is -4.32. The Bertz CT molecular complexity index is 1460. The average molecular weight is 649 g/mol. The molecule has 3 rings (SSSR count). The Kier molecular flexibility index (Phi) is 13.9. The number of ether oxygens (including phenoxy) is 3. The molecule has 0 unspecified atom stereocenters. The van der Waals surface area contributed by atoms with Gasteiger partial charge in [0.1, 0.15) is 6.10 Å². The first kappa shape index (κ1) is 37.1. The molecule has 0 saturated heterocycles. The SMILES string of the molecule is CNC1=C2C[C@@H](C)C[C@H](OC)[C@H](NCc3ccccc3)[C@@H](C)/C=C(\C)[C@H](OC(N)=O)[C@@H](OC)/C=C\C=C(/C)C(=O)NC(=CC1=O)C2=O. The van der Waals surface area contributed by atoms with Crippen molar-refractivity contribution in [2.24, 2.45) is 17.6 Å². The van der Waals surface area contributed by atoms with E-state index in [0.29, 0.717) is 24.1 Å². The molecule has 0 aromatic heterocycles. The molecular formula is C36H48N4O7. The van der Waals surface area contributed by atoms with Gasteiger partial charge in [-0.2, -0.15) is 0 Å². The highest BCUT2D eigenvalue weighted by Crippen LogP contribution is 2.29. The monoisotopic (exact) mass is 648 g/mol. The number of carbonyl (C=O) groups is 4. The maximum atomic E-state index is 13.7. The first-order valence-electron chi connectivity index (χ1n) is 15.7. The van der Waals surface area contributed by atoms with Crippen LogP contribution in [0.2, 0.25) is 0 Å².